The number of amides is 2. The zero-order valence-corrected chi connectivity index (χ0v) is 11.4. The number of aliphatic hydroxyl groups is 1. The lowest BCUT2D eigenvalue weighted by molar-refractivity contribution is -0.138. The molecular weight excluding hydrogens is 256 g/mol. The molecule has 0 saturated carbocycles. The summed E-state index contributed by atoms with van der Waals surface area (Å²) in [7, 11) is 0. The molecule has 1 aromatic rings. The Balaban J connectivity index is 1.95. The monoisotopic (exact) mass is 276 g/mol. The molecule has 1 atom stereocenters. The highest BCUT2D eigenvalue weighted by molar-refractivity contribution is 5.88. The topological polar surface area (TPSA) is 69.6 Å². The van der Waals surface area contributed by atoms with Crippen LogP contribution in [-0.4, -0.2) is 41.0 Å². The van der Waals surface area contributed by atoms with Crippen LogP contribution in [0.15, 0.2) is 30.3 Å². The van der Waals surface area contributed by atoms with Crippen LogP contribution in [0.4, 0.5) is 0 Å². The lowest BCUT2D eigenvalue weighted by Gasteiger charge is -2.26. The number of rotatable bonds is 6. The quantitative estimate of drug-likeness (QED) is 0.802. The highest BCUT2D eigenvalue weighted by atomic mass is 16.3. The van der Waals surface area contributed by atoms with Gasteiger partial charge in [0.2, 0.25) is 11.8 Å². The first kappa shape index (κ1) is 14.5. The van der Waals surface area contributed by atoms with Gasteiger partial charge in [-0.3, -0.25) is 9.59 Å². The molecule has 5 nitrogen and oxygen atoms in total. The fourth-order valence-electron chi connectivity index (χ4n) is 2.45. The molecule has 108 valence electrons. The van der Waals surface area contributed by atoms with Crippen LogP contribution in [0.1, 0.15) is 24.8 Å². The minimum atomic E-state index is -0.557. The summed E-state index contributed by atoms with van der Waals surface area (Å²) in [6.07, 6.45) is 1.56. The largest absolute Gasteiger partial charge is 0.396 e. The average Bonchev–Trinajstić information content (AvgIpc) is 2.89. The molecule has 1 aromatic carbocycles. The molecule has 20 heavy (non-hydrogen) atoms. The molecule has 0 radical (unpaired) electrons. The number of aliphatic hydroxyl groups excluding tert-OH is 1. The first-order chi connectivity index (χ1) is 9.72. The van der Waals surface area contributed by atoms with Gasteiger partial charge in [0.15, 0.2) is 0 Å². The second-order valence-corrected chi connectivity index (χ2v) is 4.92. The van der Waals surface area contributed by atoms with Crippen molar-refractivity contribution in [2.24, 2.45) is 0 Å². The Labute approximate surface area is 118 Å². The number of nitrogens with zero attached hydrogens (tertiary/aromatic N) is 1. The molecule has 2 N–H and O–H groups in total. The van der Waals surface area contributed by atoms with Crippen LogP contribution in [0.5, 0.6) is 0 Å². The third kappa shape index (κ3) is 3.57. The molecule has 1 saturated heterocycles. The van der Waals surface area contributed by atoms with E-state index in [2.05, 4.69) is 5.32 Å². The number of nitrogens with one attached hydrogen (secondary N) is 1. The average molecular weight is 276 g/mol. The predicted molar refractivity (Wildman–Crippen MR) is 74.7 cm³/mol. The Morgan fingerprint density at radius 2 is 2.10 bits per heavy atom. The number of carbonyl (C=O) groups is 2. The summed E-state index contributed by atoms with van der Waals surface area (Å²) in [4.78, 5) is 25.5. The summed E-state index contributed by atoms with van der Waals surface area (Å²) >= 11 is 0. The molecule has 0 aliphatic carbocycles. The van der Waals surface area contributed by atoms with Crippen molar-refractivity contribution in [1.82, 2.24) is 10.2 Å². The van der Waals surface area contributed by atoms with Gasteiger partial charge in [0.1, 0.15) is 6.04 Å². The van der Waals surface area contributed by atoms with Crippen LogP contribution in [0.25, 0.3) is 0 Å². The van der Waals surface area contributed by atoms with E-state index in [1.165, 1.54) is 0 Å². The maximum absolute atomic E-state index is 12.2. The van der Waals surface area contributed by atoms with Crippen LogP contribution in [0, 0.1) is 0 Å². The van der Waals surface area contributed by atoms with Gasteiger partial charge in [-0.2, -0.15) is 0 Å². The lowest BCUT2D eigenvalue weighted by atomic mass is 10.1. The Hall–Kier alpha value is -1.88. The van der Waals surface area contributed by atoms with E-state index in [0.29, 0.717) is 19.5 Å². The highest BCUT2D eigenvalue weighted by Gasteiger charge is 2.32. The first-order valence-corrected chi connectivity index (χ1v) is 6.94. The van der Waals surface area contributed by atoms with E-state index in [4.69, 9.17) is 5.11 Å². The van der Waals surface area contributed by atoms with Gasteiger partial charge >= 0.3 is 0 Å². The minimum Gasteiger partial charge on any atom is -0.396 e. The number of likely N-dealkylation sites (tertiary alicyclic amines) is 1. The van der Waals surface area contributed by atoms with Crippen molar-refractivity contribution in [3.05, 3.63) is 35.9 Å². The van der Waals surface area contributed by atoms with Gasteiger partial charge in [-0.1, -0.05) is 30.3 Å². The fraction of sp³-hybridized carbons (Fsp3) is 0.467. The van der Waals surface area contributed by atoms with Crippen molar-refractivity contribution in [2.45, 2.75) is 31.8 Å². The Morgan fingerprint density at radius 1 is 1.35 bits per heavy atom. The minimum absolute atomic E-state index is 0.00156. The molecule has 5 heteroatoms. The maximum Gasteiger partial charge on any atom is 0.243 e. The molecule has 1 heterocycles. The Kier molecular flexibility index (Phi) is 5.12. The molecular formula is C15H20N2O3. The number of hydrogen-bond donors (Lipinski definition) is 2. The normalized spacial score (nSPS) is 16.2. The van der Waals surface area contributed by atoms with Crippen LogP contribution in [-0.2, 0) is 16.1 Å². The van der Waals surface area contributed by atoms with Gasteiger partial charge in [0, 0.05) is 26.1 Å². The summed E-state index contributed by atoms with van der Waals surface area (Å²) in [5.41, 5.74) is 1.01. The van der Waals surface area contributed by atoms with E-state index in [0.717, 1.165) is 12.0 Å². The summed E-state index contributed by atoms with van der Waals surface area (Å²) < 4.78 is 0. The van der Waals surface area contributed by atoms with Gasteiger partial charge < -0.3 is 15.3 Å². The van der Waals surface area contributed by atoms with E-state index in [1.54, 1.807) is 4.90 Å². The summed E-state index contributed by atoms with van der Waals surface area (Å²) in [5.74, 6) is -0.198. The van der Waals surface area contributed by atoms with Gasteiger partial charge in [0.05, 0.1) is 0 Å². The smallest absolute Gasteiger partial charge is 0.243 e. The van der Waals surface area contributed by atoms with Gasteiger partial charge in [0.25, 0.3) is 0 Å². The lowest BCUT2D eigenvalue weighted by Crippen LogP contribution is -2.47. The third-order valence-corrected chi connectivity index (χ3v) is 3.50. The van der Waals surface area contributed by atoms with Crippen molar-refractivity contribution in [3.63, 3.8) is 0 Å². The second kappa shape index (κ2) is 7.05. The van der Waals surface area contributed by atoms with Crippen LogP contribution in [0.3, 0.4) is 0 Å². The number of benzene rings is 1. The Bertz CT molecular complexity index is 461. The van der Waals surface area contributed by atoms with Crippen molar-refractivity contribution in [2.75, 3.05) is 13.2 Å². The van der Waals surface area contributed by atoms with Gasteiger partial charge in [-0.15, -0.1) is 0 Å². The van der Waals surface area contributed by atoms with Crippen molar-refractivity contribution in [1.29, 1.82) is 0 Å². The number of hydrogen-bond acceptors (Lipinski definition) is 3. The molecule has 0 bridgehead atoms. The van der Waals surface area contributed by atoms with Crippen molar-refractivity contribution >= 4 is 11.8 Å². The van der Waals surface area contributed by atoms with E-state index in [-0.39, 0.29) is 24.8 Å². The zero-order chi connectivity index (χ0) is 14.4. The van der Waals surface area contributed by atoms with Crippen molar-refractivity contribution < 1.29 is 14.7 Å². The second-order valence-electron chi connectivity index (χ2n) is 4.92. The maximum atomic E-state index is 12.2. The molecule has 2 rings (SSSR count). The Morgan fingerprint density at radius 3 is 2.70 bits per heavy atom. The third-order valence-electron chi connectivity index (χ3n) is 3.50. The fourth-order valence-corrected chi connectivity index (χ4v) is 2.45. The molecule has 2 amide bonds. The van der Waals surface area contributed by atoms with Crippen LogP contribution >= 0.6 is 0 Å². The van der Waals surface area contributed by atoms with Crippen LogP contribution < -0.4 is 5.32 Å². The van der Waals surface area contributed by atoms with Crippen molar-refractivity contribution in [3.8, 4) is 0 Å². The van der Waals surface area contributed by atoms with Gasteiger partial charge in [-0.25, -0.2) is 0 Å². The standard InChI is InChI=1S/C15H20N2O3/c18-10-8-13(17-9-4-7-14(17)19)15(20)16-11-12-5-2-1-3-6-12/h1-3,5-6,13,18H,4,7-11H2,(H,16,20). The van der Waals surface area contributed by atoms with E-state index >= 15 is 0 Å². The van der Waals surface area contributed by atoms with E-state index < -0.39 is 6.04 Å². The molecule has 0 aromatic heterocycles. The summed E-state index contributed by atoms with van der Waals surface area (Å²) in [6, 6.07) is 9.06. The number of carbonyl (C=O) groups excluding carboxylic acids is 2. The SMILES string of the molecule is O=C(NCc1ccccc1)C(CCO)N1CCCC1=O. The molecule has 1 aliphatic rings. The highest BCUT2D eigenvalue weighted by Crippen LogP contribution is 2.16. The van der Waals surface area contributed by atoms with Crippen LogP contribution in [0.2, 0.25) is 0 Å². The molecule has 1 fully saturated rings. The van der Waals surface area contributed by atoms with Gasteiger partial charge in [-0.05, 0) is 18.4 Å². The van der Waals surface area contributed by atoms with E-state index in [9.17, 15) is 9.59 Å². The molecule has 0 spiro atoms. The molecule has 1 unspecified atom stereocenters. The zero-order valence-electron chi connectivity index (χ0n) is 11.4. The predicted octanol–water partition coefficient (Wildman–Crippen LogP) is 0.676. The van der Waals surface area contributed by atoms with E-state index in [1.807, 2.05) is 30.3 Å². The summed E-state index contributed by atoms with van der Waals surface area (Å²) in [5, 5.41) is 11.9. The first-order valence-electron chi connectivity index (χ1n) is 6.94. The molecule has 1 aliphatic heterocycles. The summed E-state index contributed by atoms with van der Waals surface area (Å²) in [6.45, 7) is 0.930.